The first-order valence-electron chi connectivity index (χ1n) is 4.93. The third-order valence-corrected chi connectivity index (χ3v) is 2.18. The van der Waals surface area contributed by atoms with Crippen molar-refractivity contribution in [2.75, 3.05) is 14.1 Å². The first-order valence-corrected chi connectivity index (χ1v) is 4.93. The Morgan fingerprint density at radius 2 is 1.93 bits per heavy atom. The molecule has 0 saturated heterocycles. The summed E-state index contributed by atoms with van der Waals surface area (Å²) in [6.07, 6.45) is 0. The Labute approximate surface area is 85.5 Å². The Kier molecular flexibility index (Phi) is 3.64. The van der Waals surface area contributed by atoms with Crippen LogP contribution in [0.25, 0.3) is 0 Å². The predicted molar refractivity (Wildman–Crippen MR) is 57.9 cm³/mol. The Hall–Kier alpha value is -0.890. The number of benzene rings is 1. The highest BCUT2D eigenvalue weighted by Crippen LogP contribution is 2.20. The molecule has 0 N–H and O–H groups in total. The molecule has 2 heteroatoms. The van der Waals surface area contributed by atoms with Gasteiger partial charge in [-0.05, 0) is 37.2 Å². The molecule has 1 rings (SSSR count). The van der Waals surface area contributed by atoms with Crippen LogP contribution in [-0.2, 0) is 6.54 Å². The average Bonchev–Trinajstić information content (AvgIpc) is 2.07. The lowest BCUT2D eigenvalue weighted by Crippen LogP contribution is -2.11. The Morgan fingerprint density at radius 1 is 1.29 bits per heavy atom. The molecular formula is C12H18FN. The van der Waals surface area contributed by atoms with Crippen LogP contribution in [0.2, 0.25) is 0 Å². The number of nitrogens with zero attached hydrogens (tertiary/aromatic N) is 1. The number of hydrogen-bond acceptors (Lipinski definition) is 1. The van der Waals surface area contributed by atoms with Gasteiger partial charge >= 0.3 is 0 Å². The number of rotatable bonds is 3. The Morgan fingerprint density at radius 3 is 2.43 bits per heavy atom. The predicted octanol–water partition coefficient (Wildman–Crippen LogP) is 3.01. The van der Waals surface area contributed by atoms with Crippen molar-refractivity contribution in [3.8, 4) is 0 Å². The molecule has 0 spiro atoms. The highest BCUT2D eigenvalue weighted by atomic mass is 19.1. The molecule has 0 aliphatic heterocycles. The summed E-state index contributed by atoms with van der Waals surface area (Å²) in [5.74, 6) is 0.152. The molecule has 1 aromatic carbocycles. The number of hydrogen-bond donors (Lipinski definition) is 0. The molecule has 78 valence electrons. The fourth-order valence-corrected chi connectivity index (χ4v) is 1.50. The van der Waals surface area contributed by atoms with Gasteiger partial charge in [0.05, 0.1) is 0 Å². The summed E-state index contributed by atoms with van der Waals surface area (Å²) in [4.78, 5) is 2.08. The van der Waals surface area contributed by atoms with Gasteiger partial charge in [-0.3, -0.25) is 0 Å². The molecule has 0 atom stereocenters. The highest BCUT2D eigenvalue weighted by molar-refractivity contribution is 5.27. The van der Waals surface area contributed by atoms with Gasteiger partial charge in [-0.1, -0.05) is 26.0 Å². The van der Waals surface area contributed by atoms with Crippen molar-refractivity contribution >= 4 is 0 Å². The largest absolute Gasteiger partial charge is 0.305 e. The van der Waals surface area contributed by atoms with Gasteiger partial charge in [0, 0.05) is 6.54 Å². The molecule has 0 radical (unpaired) electrons. The smallest absolute Gasteiger partial charge is 0.126 e. The van der Waals surface area contributed by atoms with Gasteiger partial charge in [0.15, 0.2) is 0 Å². The van der Waals surface area contributed by atoms with E-state index in [0.29, 0.717) is 0 Å². The number of halogens is 1. The van der Waals surface area contributed by atoms with Crippen LogP contribution in [0.3, 0.4) is 0 Å². The van der Waals surface area contributed by atoms with E-state index in [2.05, 4.69) is 4.90 Å². The molecule has 1 nitrogen and oxygen atoms in total. The third-order valence-electron chi connectivity index (χ3n) is 2.18. The van der Waals surface area contributed by atoms with E-state index in [1.54, 1.807) is 6.07 Å². The van der Waals surface area contributed by atoms with Crippen LogP contribution >= 0.6 is 0 Å². The lowest BCUT2D eigenvalue weighted by Gasteiger charge is -2.13. The van der Waals surface area contributed by atoms with Gasteiger partial charge in [-0.15, -0.1) is 0 Å². The molecule has 0 saturated carbocycles. The van der Waals surface area contributed by atoms with E-state index in [9.17, 15) is 4.39 Å². The summed E-state index contributed by atoms with van der Waals surface area (Å²) in [7, 11) is 4.02. The summed E-state index contributed by atoms with van der Waals surface area (Å²) in [5, 5.41) is 0. The molecule has 0 bridgehead atoms. The van der Waals surface area contributed by atoms with Crippen LogP contribution in [0.4, 0.5) is 4.39 Å². The second kappa shape index (κ2) is 4.56. The van der Waals surface area contributed by atoms with Gasteiger partial charge in [0.1, 0.15) is 5.82 Å². The normalized spacial score (nSPS) is 11.4. The molecular weight excluding hydrogens is 177 g/mol. The van der Waals surface area contributed by atoms with Gasteiger partial charge in [0.25, 0.3) is 0 Å². The van der Waals surface area contributed by atoms with E-state index in [-0.39, 0.29) is 11.7 Å². The molecule has 0 amide bonds. The van der Waals surface area contributed by atoms with E-state index < -0.39 is 0 Å². The topological polar surface area (TPSA) is 3.24 Å². The molecule has 0 aliphatic carbocycles. The van der Waals surface area contributed by atoms with Crippen molar-refractivity contribution in [1.29, 1.82) is 0 Å². The minimum absolute atomic E-state index is 0.0949. The second-order valence-corrected chi connectivity index (χ2v) is 4.25. The zero-order chi connectivity index (χ0) is 10.7. The Bertz CT molecular complexity index is 305. The maximum absolute atomic E-state index is 13.3. The molecule has 0 fully saturated rings. The summed E-state index contributed by atoms with van der Waals surface area (Å²) in [5.41, 5.74) is 1.98. The summed E-state index contributed by atoms with van der Waals surface area (Å²) < 4.78 is 13.3. The fraction of sp³-hybridized carbons (Fsp3) is 0.500. The fourth-order valence-electron chi connectivity index (χ4n) is 1.50. The molecule has 1 aromatic rings. The molecule has 0 heterocycles. The highest BCUT2D eigenvalue weighted by Gasteiger charge is 2.07. The third kappa shape index (κ3) is 2.81. The van der Waals surface area contributed by atoms with Crippen molar-refractivity contribution in [2.24, 2.45) is 0 Å². The van der Waals surface area contributed by atoms with E-state index >= 15 is 0 Å². The maximum Gasteiger partial charge on any atom is 0.126 e. The van der Waals surface area contributed by atoms with E-state index in [1.165, 1.54) is 5.56 Å². The van der Waals surface area contributed by atoms with Gasteiger partial charge in [-0.25, -0.2) is 4.39 Å². The lowest BCUT2D eigenvalue weighted by molar-refractivity contribution is 0.402. The zero-order valence-electron chi connectivity index (χ0n) is 9.34. The van der Waals surface area contributed by atoms with Crippen LogP contribution < -0.4 is 0 Å². The molecule has 14 heavy (non-hydrogen) atoms. The average molecular weight is 195 g/mol. The van der Waals surface area contributed by atoms with E-state index in [1.807, 2.05) is 40.1 Å². The maximum atomic E-state index is 13.3. The van der Waals surface area contributed by atoms with Gasteiger partial charge < -0.3 is 4.90 Å². The summed E-state index contributed by atoms with van der Waals surface area (Å²) in [6, 6.07) is 5.37. The van der Waals surface area contributed by atoms with Crippen LogP contribution in [0.1, 0.15) is 30.9 Å². The standard InChI is InChI=1S/C12H18FN/c1-9(2)11-7-10(8-14(3)4)5-6-12(11)13/h5-7,9H,8H2,1-4H3. The van der Waals surface area contributed by atoms with Crippen molar-refractivity contribution < 1.29 is 4.39 Å². The summed E-state index contributed by atoms with van der Waals surface area (Å²) >= 11 is 0. The van der Waals surface area contributed by atoms with Crippen molar-refractivity contribution in [1.82, 2.24) is 4.90 Å². The first kappa shape index (κ1) is 11.2. The van der Waals surface area contributed by atoms with Crippen LogP contribution in [0.5, 0.6) is 0 Å². The lowest BCUT2D eigenvalue weighted by atomic mass is 10.00. The van der Waals surface area contributed by atoms with E-state index in [4.69, 9.17) is 0 Å². The van der Waals surface area contributed by atoms with Crippen molar-refractivity contribution in [3.05, 3.63) is 35.1 Å². The van der Waals surface area contributed by atoms with Gasteiger partial charge in [-0.2, -0.15) is 0 Å². The van der Waals surface area contributed by atoms with Gasteiger partial charge in [0.2, 0.25) is 0 Å². The minimum Gasteiger partial charge on any atom is -0.305 e. The quantitative estimate of drug-likeness (QED) is 0.716. The zero-order valence-corrected chi connectivity index (χ0v) is 9.34. The molecule has 0 aromatic heterocycles. The molecule has 0 unspecified atom stereocenters. The van der Waals surface area contributed by atoms with Crippen molar-refractivity contribution in [3.63, 3.8) is 0 Å². The van der Waals surface area contributed by atoms with E-state index in [0.717, 1.165) is 12.1 Å². The second-order valence-electron chi connectivity index (χ2n) is 4.25. The van der Waals surface area contributed by atoms with Crippen molar-refractivity contribution in [2.45, 2.75) is 26.3 Å². The Balaban J connectivity index is 2.94. The first-order chi connectivity index (χ1) is 6.50. The SMILES string of the molecule is CC(C)c1cc(CN(C)C)ccc1F. The summed E-state index contributed by atoms with van der Waals surface area (Å²) in [6.45, 7) is 4.88. The van der Waals surface area contributed by atoms with Crippen LogP contribution in [0.15, 0.2) is 18.2 Å². The van der Waals surface area contributed by atoms with Crippen LogP contribution in [-0.4, -0.2) is 19.0 Å². The minimum atomic E-state index is -0.0949. The monoisotopic (exact) mass is 195 g/mol. The van der Waals surface area contributed by atoms with Crippen LogP contribution in [0, 0.1) is 5.82 Å². The molecule has 0 aliphatic rings.